The predicted octanol–water partition coefficient (Wildman–Crippen LogP) is 5.28. The van der Waals surface area contributed by atoms with E-state index in [-0.39, 0.29) is 41.3 Å². The van der Waals surface area contributed by atoms with E-state index in [0.29, 0.717) is 33.2 Å². The Morgan fingerprint density at radius 3 is 2.33 bits per heavy atom. The molecule has 8 heteroatoms. The molecule has 7 rings (SSSR count). The molecule has 0 bridgehead atoms. The Hall–Kier alpha value is -4.30. The van der Waals surface area contributed by atoms with Crippen LogP contribution in [0.25, 0.3) is 5.57 Å². The second-order valence-electron chi connectivity index (χ2n) is 11.7. The highest BCUT2D eigenvalue weighted by Crippen LogP contribution is 2.64. The van der Waals surface area contributed by atoms with Crippen molar-refractivity contribution in [1.29, 1.82) is 0 Å². The summed E-state index contributed by atoms with van der Waals surface area (Å²) in [6, 6.07) is 21.8. The number of allylic oxidation sites excluding steroid dienone is 4. The minimum Gasteiger partial charge on any atom is -0.504 e. The fourth-order valence-electron chi connectivity index (χ4n) is 8.10. The molecule has 3 aromatic carbocycles. The summed E-state index contributed by atoms with van der Waals surface area (Å²) in [7, 11) is 1.45. The van der Waals surface area contributed by atoms with Gasteiger partial charge in [-0.05, 0) is 48.1 Å². The van der Waals surface area contributed by atoms with Gasteiger partial charge in [0.05, 0.1) is 24.4 Å². The molecule has 2 fully saturated rings. The number of phenolic OH excluding ortho intramolecular Hbond substituents is 1. The zero-order valence-corrected chi connectivity index (χ0v) is 24.8. The van der Waals surface area contributed by atoms with E-state index in [1.807, 2.05) is 66.7 Å². The highest BCUT2D eigenvalue weighted by Gasteiger charge is 2.65. The van der Waals surface area contributed by atoms with Gasteiger partial charge >= 0.3 is 0 Å². The number of phenols is 1. The van der Waals surface area contributed by atoms with Gasteiger partial charge in [-0.2, -0.15) is 0 Å². The molecule has 1 saturated heterocycles. The summed E-state index contributed by atoms with van der Waals surface area (Å²) in [5.74, 6) is -4.46. The molecule has 1 saturated carbocycles. The van der Waals surface area contributed by atoms with Crippen LogP contribution in [0.2, 0.25) is 0 Å². The molecule has 2 amide bonds. The van der Waals surface area contributed by atoms with Gasteiger partial charge in [0.1, 0.15) is 0 Å². The van der Waals surface area contributed by atoms with E-state index in [1.165, 1.54) is 13.2 Å². The summed E-state index contributed by atoms with van der Waals surface area (Å²) >= 11 is 3.55. The molecule has 1 aliphatic heterocycles. The fraction of sp³-hybridized carbons (Fsp3) is 0.257. The monoisotopic (exact) mass is 637 g/mol. The molecule has 3 aliphatic carbocycles. The molecule has 1 heterocycles. The number of amides is 2. The van der Waals surface area contributed by atoms with Gasteiger partial charge in [-0.1, -0.05) is 88.2 Å². The smallest absolute Gasteiger partial charge is 0.231 e. The number of carbonyl (C=O) groups is 4. The van der Waals surface area contributed by atoms with Crippen LogP contribution in [0.3, 0.4) is 0 Å². The Morgan fingerprint density at radius 2 is 1.63 bits per heavy atom. The molecule has 0 radical (unpaired) electrons. The van der Waals surface area contributed by atoms with Crippen molar-refractivity contribution in [2.45, 2.75) is 24.2 Å². The number of benzene rings is 3. The third kappa shape index (κ3) is 3.92. The number of Topliss-reactive ketones (excluding diaryl/α,β-unsaturated/α-hetero) is 1. The average molecular weight is 639 g/mol. The van der Waals surface area contributed by atoms with Gasteiger partial charge in [-0.3, -0.25) is 24.5 Å². The van der Waals surface area contributed by atoms with Crippen LogP contribution < -0.4 is 10.1 Å². The highest BCUT2D eigenvalue weighted by molar-refractivity contribution is 9.10. The summed E-state index contributed by atoms with van der Waals surface area (Å²) in [5, 5.41) is 14.2. The van der Waals surface area contributed by atoms with Gasteiger partial charge in [0, 0.05) is 27.4 Å². The zero-order chi connectivity index (χ0) is 30.0. The lowest BCUT2D eigenvalue weighted by Gasteiger charge is -2.55. The normalized spacial score (nSPS) is 29.6. The summed E-state index contributed by atoms with van der Waals surface area (Å²) < 4.78 is 6.14. The Kier molecular flexibility index (Phi) is 6.50. The highest BCUT2D eigenvalue weighted by atomic mass is 79.9. The Labute approximate surface area is 256 Å². The topological polar surface area (TPSA) is 110 Å². The average Bonchev–Trinajstić information content (AvgIpc) is 3.32. The van der Waals surface area contributed by atoms with E-state index >= 15 is 0 Å². The number of hydrogen-bond acceptors (Lipinski definition) is 6. The number of rotatable bonds is 4. The van der Waals surface area contributed by atoms with Gasteiger partial charge in [0.25, 0.3) is 0 Å². The number of methoxy groups -OCH3 is 1. The van der Waals surface area contributed by atoms with Crippen LogP contribution in [-0.4, -0.2) is 35.6 Å². The molecule has 216 valence electrons. The van der Waals surface area contributed by atoms with Crippen LogP contribution in [0.5, 0.6) is 11.5 Å². The molecule has 7 nitrogen and oxygen atoms in total. The van der Waals surface area contributed by atoms with Crippen LogP contribution in [0.1, 0.15) is 35.4 Å². The molecule has 3 aromatic rings. The van der Waals surface area contributed by atoms with E-state index in [2.05, 4.69) is 21.2 Å². The van der Waals surface area contributed by atoms with Crippen molar-refractivity contribution in [3.8, 4) is 11.5 Å². The lowest BCUT2D eigenvalue weighted by molar-refractivity contribution is -0.135. The van der Waals surface area contributed by atoms with Crippen molar-refractivity contribution in [2.75, 3.05) is 7.11 Å². The van der Waals surface area contributed by atoms with Crippen molar-refractivity contribution in [2.24, 2.45) is 23.7 Å². The molecular formula is C35H28BrNO6. The zero-order valence-electron chi connectivity index (χ0n) is 23.3. The van der Waals surface area contributed by atoms with Crippen LogP contribution >= 0.6 is 15.9 Å². The predicted molar refractivity (Wildman–Crippen MR) is 162 cm³/mol. The number of carbonyl (C=O) groups excluding carboxylic acids is 4. The van der Waals surface area contributed by atoms with E-state index < -0.39 is 35.0 Å². The van der Waals surface area contributed by atoms with Crippen molar-refractivity contribution < 1.29 is 29.0 Å². The van der Waals surface area contributed by atoms with Gasteiger partial charge < -0.3 is 9.84 Å². The number of imide groups is 1. The molecule has 4 aliphatic rings. The SMILES string of the molecule is COc1cc(Br)cc([C@H]2C3=CC[C@@H]4C(=O)NC(=O)[C@@H]4[C@@H]3C[C@H]3C(=O)C(c4ccccc4)=CC(=O)[C@@]23c2ccccc2)c1O. The quantitative estimate of drug-likeness (QED) is 0.298. The number of fused-ring (bicyclic) bond motifs is 4. The summed E-state index contributed by atoms with van der Waals surface area (Å²) in [6.07, 6.45) is 3.94. The lowest BCUT2D eigenvalue weighted by Crippen LogP contribution is -2.58. The van der Waals surface area contributed by atoms with Crippen molar-refractivity contribution in [3.63, 3.8) is 0 Å². The van der Waals surface area contributed by atoms with Crippen molar-refractivity contribution in [3.05, 3.63) is 112 Å². The van der Waals surface area contributed by atoms with Gasteiger partial charge in [0.15, 0.2) is 23.1 Å². The van der Waals surface area contributed by atoms with E-state index in [1.54, 1.807) is 12.1 Å². The maximum atomic E-state index is 14.9. The van der Waals surface area contributed by atoms with Crippen molar-refractivity contribution >= 4 is 44.9 Å². The molecular weight excluding hydrogens is 610 g/mol. The molecule has 6 atom stereocenters. The largest absolute Gasteiger partial charge is 0.504 e. The number of hydrogen-bond donors (Lipinski definition) is 2. The molecule has 0 aromatic heterocycles. The third-order valence-electron chi connectivity index (χ3n) is 9.82. The van der Waals surface area contributed by atoms with Crippen LogP contribution in [0.4, 0.5) is 0 Å². The molecule has 0 spiro atoms. The second-order valence-corrected chi connectivity index (χ2v) is 12.6. The van der Waals surface area contributed by atoms with E-state index in [0.717, 1.165) is 5.57 Å². The van der Waals surface area contributed by atoms with E-state index in [9.17, 15) is 24.3 Å². The number of nitrogens with one attached hydrogen (secondary N) is 1. The van der Waals surface area contributed by atoms with E-state index in [4.69, 9.17) is 4.74 Å². The first-order chi connectivity index (χ1) is 20.8. The first-order valence-corrected chi connectivity index (χ1v) is 15.1. The minimum atomic E-state index is -1.42. The Bertz CT molecular complexity index is 1760. The number of ether oxygens (including phenoxy) is 1. The first-order valence-electron chi connectivity index (χ1n) is 14.3. The summed E-state index contributed by atoms with van der Waals surface area (Å²) in [4.78, 5) is 55.7. The second kappa shape index (κ2) is 10.2. The maximum Gasteiger partial charge on any atom is 0.231 e. The number of halogens is 1. The Morgan fingerprint density at radius 1 is 0.930 bits per heavy atom. The third-order valence-corrected chi connectivity index (χ3v) is 10.3. The number of aromatic hydroxyl groups is 1. The number of ketones is 2. The van der Waals surface area contributed by atoms with Crippen LogP contribution in [0.15, 0.2) is 95.0 Å². The summed E-state index contributed by atoms with van der Waals surface area (Å²) in [6.45, 7) is 0. The van der Waals surface area contributed by atoms with Gasteiger partial charge in [-0.15, -0.1) is 0 Å². The molecule has 0 unspecified atom stereocenters. The summed E-state index contributed by atoms with van der Waals surface area (Å²) in [5.41, 5.74) is 1.38. The fourth-order valence-corrected chi connectivity index (χ4v) is 8.55. The van der Waals surface area contributed by atoms with Gasteiger partial charge in [-0.25, -0.2) is 0 Å². The maximum absolute atomic E-state index is 14.9. The van der Waals surface area contributed by atoms with Crippen molar-refractivity contribution in [1.82, 2.24) is 5.32 Å². The lowest BCUT2D eigenvalue weighted by atomic mass is 9.44. The van der Waals surface area contributed by atoms with Gasteiger partial charge in [0.2, 0.25) is 11.8 Å². The Balaban J connectivity index is 1.56. The molecule has 2 N–H and O–H groups in total. The van der Waals surface area contributed by atoms with Crippen LogP contribution in [-0.2, 0) is 24.6 Å². The standard InChI is InChI=1S/C35H28BrNO6/c1-43-27-15-20(36)14-25(32(27)40)30-21-12-13-22-29(34(42)37-33(22)41)24(21)16-26-31(39)23(18-8-4-2-5-9-18)17-28(38)35(26,30)19-10-6-3-7-11-19/h2-12,14-15,17,22,24,26,29-30,40H,13,16H2,1H3,(H,37,41,42)/t22-,24+,26-,29-,30+,35-/m0/s1. The molecule has 43 heavy (non-hydrogen) atoms. The first kappa shape index (κ1) is 27.5. The minimum absolute atomic E-state index is 0.140. The van der Waals surface area contributed by atoms with Crippen LogP contribution in [0, 0.1) is 23.7 Å².